The number of hydrazine groups is 1. The molecule has 13 heavy (non-hydrogen) atoms. The Labute approximate surface area is 83.1 Å². The standard InChI is InChI=1S/C10H14N2S/c1-3-5-9(12-11)10-8(4-2)6-7-13-10/h1,6-7,9,12H,4-5,11H2,2H3. The molecule has 70 valence electrons. The highest BCUT2D eigenvalue weighted by molar-refractivity contribution is 7.10. The first-order valence-electron chi connectivity index (χ1n) is 4.29. The molecule has 0 amide bonds. The summed E-state index contributed by atoms with van der Waals surface area (Å²) in [6.07, 6.45) is 6.93. The van der Waals surface area contributed by atoms with E-state index in [-0.39, 0.29) is 6.04 Å². The molecular formula is C10H14N2S. The first kappa shape index (κ1) is 10.3. The predicted molar refractivity (Wildman–Crippen MR) is 57.2 cm³/mol. The molecule has 0 saturated carbocycles. The van der Waals surface area contributed by atoms with Crippen LogP contribution in [0.2, 0.25) is 0 Å². The molecule has 1 aromatic heterocycles. The molecular weight excluding hydrogens is 180 g/mol. The average molecular weight is 194 g/mol. The number of nitrogens with two attached hydrogens (primary N) is 1. The SMILES string of the molecule is C#CCC(NN)c1sccc1CC. The molecule has 0 bridgehead atoms. The number of aryl methyl sites for hydroxylation is 1. The highest BCUT2D eigenvalue weighted by Crippen LogP contribution is 2.26. The molecule has 0 saturated heterocycles. The summed E-state index contributed by atoms with van der Waals surface area (Å²) in [4.78, 5) is 1.27. The first-order valence-corrected chi connectivity index (χ1v) is 5.17. The van der Waals surface area contributed by atoms with Gasteiger partial charge in [0.15, 0.2) is 0 Å². The van der Waals surface area contributed by atoms with Crippen LogP contribution in [-0.2, 0) is 6.42 Å². The highest BCUT2D eigenvalue weighted by Gasteiger charge is 2.12. The van der Waals surface area contributed by atoms with E-state index in [9.17, 15) is 0 Å². The van der Waals surface area contributed by atoms with E-state index in [1.165, 1.54) is 10.4 Å². The lowest BCUT2D eigenvalue weighted by Crippen LogP contribution is -2.27. The third-order valence-corrected chi connectivity index (χ3v) is 3.07. The molecule has 0 aliphatic carbocycles. The van der Waals surface area contributed by atoms with Gasteiger partial charge in [-0.15, -0.1) is 23.7 Å². The van der Waals surface area contributed by atoms with Crippen LogP contribution in [0.15, 0.2) is 11.4 Å². The molecule has 0 aliphatic rings. The molecule has 0 aromatic carbocycles. The van der Waals surface area contributed by atoms with Crippen LogP contribution in [0, 0.1) is 12.3 Å². The van der Waals surface area contributed by atoms with E-state index < -0.39 is 0 Å². The third-order valence-electron chi connectivity index (χ3n) is 2.00. The van der Waals surface area contributed by atoms with Crippen molar-refractivity contribution in [1.29, 1.82) is 0 Å². The number of terminal acetylenes is 1. The Kier molecular flexibility index (Phi) is 3.97. The van der Waals surface area contributed by atoms with Gasteiger partial charge in [0.05, 0.1) is 6.04 Å². The van der Waals surface area contributed by atoms with Crippen LogP contribution in [0.25, 0.3) is 0 Å². The quantitative estimate of drug-likeness (QED) is 0.436. The highest BCUT2D eigenvalue weighted by atomic mass is 32.1. The number of nitrogens with one attached hydrogen (secondary N) is 1. The minimum absolute atomic E-state index is 0.111. The molecule has 2 nitrogen and oxygen atoms in total. The summed E-state index contributed by atoms with van der Waals surface area (Å²) in [7, 11) is 0. The van der Waals surface area contributed by atoms with Gasteiger partial charge in [0.2, 0.25) is 0 Å². The fourth-order valence-corrected chi connectivity index (χ4v) is 2.35. The first-order chi connectivity index (χ1) is 6.33. The van der Waals surface area contributed by atoms with Gasteiger partial charge in [-0.2, -0.15) is 0 Å². The van der Waals surface area contributed by atoms with Crippen molar-refractivity contribution in [3.63, 3.8) is 0 Å². The molecule has 1 aromatic rings. The van der Waals surface area contributed by atoms with Gasteiger partial charge in [-0.05, 0) is 23.4 Å². The van der Waals surface area contributed by atoms with Crippen molar-refractivity contribution >= 4 is 11.3 Å². The van der Waals surface area contributed by atoms with Gasteiger partial charge in [-0.1, -0.05) is 6.92 Å². The number of hydrogen-bond donors (Lipinski definition) is 2. The predicted octanol–water partition coefficient (Wildman–Crippen LogP) is 1.84. The van der Waals surface area contributed by atoms with Gasteiger partial charge in [0.25, 0.3) is 0 Å². The van der Waals surface area contributed by atoms with Gasteiger partial charge >= 0.3 is 0 Å². The van der Waals surface area contributed by atoms with Crippen molar-refractivity contribution < 1.29 is 0 Å². The minimum Gasteiger partial charge on any atom is -0.271 e. The molecule has 1 rings (SSSR count). The van der Waals surface area contributed by atoms with Crippen molar-refractivity contribution in [2.45, 2.75) is 25.8 Å². The fourth-order valence-electron chi connectivity index (χ4n) is 1.29. The van der Waals surface area contributed by atoms with E-state index >= 15 is 0 Å². The topological polar surface area (TPSA) is 38.0 Å². The zero-order chi connectivity index (χ0) is 9.68. The van der Waals surface area contributed by atoms with Gasteiger partial charge in [-0.3, -0.25) is 11.3 Å². The van der Waals surface area contributed by atoms with E-state index in [0.717, 1.165) is 6.42 Å². The summed E-state index contributed by atoms with van der Waals surface area (Å²) in [5.74, 6) is 8.06. The second kappa shape index (κ2) is 5.03. The fraction of sp³-hybridized carbons (Fsp3) is 0.400. The molecule has 0 aliphatic heterocycles. The lowest BCUT2D eigenvalue weighted by Gasteiger charge is -2.12. The van der Waals surface area contributed by atoms with Crippen molar-refractivity contribution in [3.05, 3.63) is 21.9 Å². The molecule has 1 heterocycles. The zero-order valence-corrected chi connectivity index (χ0v) is 8.53. The summed E-state index contributed by atoms with van der Waals surface area (Å²) in [5, 5.41) is 2.08. The Morgan fingerprint density at radius 2 is 2.54 bits per heavy atom. The minimum atomic E-state index is 0.111. The van der Waals surface area contributed by atoms with Gasteiger partial charge in [-0.25, -0.2) is 0 Å². The Hall–Kier alpha value is -0.820. The maximum absolute atomic E-state index is 5.43. The normalized spacial score (nSPS) is 12.4. The lowest BCUT2D eigenvalue weighted by atomic mass is 10.1. The Bertz CT molecular complexity index is 298. The molecule has 1 unspecified atom stereocenters. The Morgan fingerprint density at radius 3 is 3.08 bits per heavy atom. The molecule has 0 radical (unpaired) electrons. The van der Waals surface area contributed by atoms with Crippen molar-refractivity contribution in [2.24, 2.45) is 5.84 Å². The van der Waals surface area contributed by atoms with Crippen LogP contribution < -0.4 is 11.3 Å². The van der Waals surface area contributed by atoms with Crippen LogP contribution in [0.5, 0.6) is 0 Å². The smallest absolute Gasteiger partial charge is 0.0664 e. The maximum atomic E-state index is 5.43. The molecule has 0 fully saturated rings. The number of rotatable bonds is 4. The molecule has 1 atom stereocenters. The summed E-state index contributed by atoms with van der Waals surface area (Å²) < 4.78 is 0. The second-order valence-corrected chi connectivity index (χ2v) is 3.74. The van der Waals surface area contributed by atoms with Crippen LogP contribution >= 0.6 is 11.3 Å². The van der Waals surface area contributed by atoms with E-state index in [2.05, 4.69) is 29.7 Å². The van der Waals surface area contributed by atoms with Crippen LogP contribution in [0.4, 0.5) is 0 Å². The van der Waals surface area contributed by atoms with Gasteiger partial charge in [0.1, 0.15) is 0 Å². The number of thiophene rings is 1. The van der Waals surface area contributed by atoms with E-state index in [1.54, 1.807) is 11.3 Å². The molecule has 0 spiro atoms. The summed E-state index contributed by atoms with van der Waals surface area (Å²) >= 11 is 1.71. The van der Waals surface area contributed by atoms with Crippen molar-refractivity contribution in [2.75, 3.05) is 0 Å². The zero-order valence-electron chi connectivity index (χ0n) is 7.71. The van der Waals surface area contributed by atoms with Gasteiger partial charge < -0.3 is 0 Å². The third kappa shape index (κ3) is 2.31. The largest absolute Gasteiger partial charge is 0.271 e. The Morgan fingerprint density at radius 1 is 1.77 bits per heavy atom. The van der Waals surface area contributed by atoms with Crippen molar-refractivity contribution in [1.82, 2.24) is 5.43 Å². The second-order valence-electron chi connectivity index (χ2n) is 2.79. The lowest BCUT2D eigenvalue weighted by molar-refractivity contribution is 0.573. The summed E-state index contributed by atoms with van der Waals surface area (Å²) in [6.45, 7) is 2.13. The van der Waals surface area contributed by atoms with Crippen LogP contribution in [0.3, 0.4) is 0 Å². The van der Waals surface area contributed by atoms with Crippen molar-refractivity contribution in [3.8, 4) is 12.3 Å². The van der Waals surface area contributed by atoms with E-state index in [1.807, 2.05) is 0 Å². The van der Waals surface area contributed by atoms with Gasteiger partial charge in [0, 0.05) is 11.3 Å². The molecule has 3 N–H and O–H groups in total. The maximum Gasteiger partial charge on any atom is 0.0664 e. The Balaban J connectivity index is 2.84. The monoisotopic (exact) mass is 194 g/mol. The molecule has 3 heteroatoms. The van der Waals surface area contributed by atoms with Crippen LogP contribution in [0.1, 0.15) is 29.8 Å². The summed E-state index contributed by atoms with van der Waals surface area (Å²) in [6, 6.07) is 2.24. The van der Waals surface area contributed by atoms with E-state index in [4.69, 9.17) is 12.3 Å². The summed E-state index contributed by atoms with van der Waals surface area (Å²) in [5.41, 5.74) is 4.08. The average Bonchev–Trinajstić information content (AvgIpc) is 2.61. The van der Waals surface area contributed by atoms with E-state index in [0.29, 0.717) is 6.42 Å². The van der Waals surface area contributed by atoms with Crippen LogP contribution in [-0.4, -0.2) is 0 Å². The number of hydrogen-bond acceptors (Lipinski definition) is 3.